The molecule has 0 aromatic heterocycles. The minimum absolute atomic E-state index is 0.0545. The summed E-state index contributed by atoms with van der Waals surface area (Å²) in [5.41, 5.74) is 8.40. The van der Waals surface area contributed by atoms with Crippen LogP contribution in [-0.4, -0.2) is 23.4 Å². The van der Waals surface area contributed by atoms with Gasteiger partial charge in [-0.1, -0.05) is 24.3 Å². The van der Waals surface area contributed by atoms with Crippen LogP contribution in [0.4, 0.5) is 0 Å². The van der Waals surface area contributed by atoms with Gasteiger partial charge in [0.2, 0.25) is 5.91 Å². The Bertz CT molecular complexity index is 458. The Morgan fingerprint density at radius 3 is 2.89 bits per heavy atom. The average Bonchev–Trinajstić information content (AvgIpc) is 2.87. The summed E-state index contributed by atoms with van der Waals surface area (Å²) in [5, 5.41) is 0. The van der Waals surface area contributed by atoms with E-state index in [1.807, 2.05) is 0 Å². The van der Waals surface area contributed by atoms with Gasteiger partial charge in [0.15, 0.2) is 0 Å². The first-order valence-corrected chi connectivity index (χ1v) is 6.90. The lowest BCUT2D eigenvalue weighted by atomic mass is 9.86. The third-order valence-corrected chi connectivity index (χ3v) is 4.36. The molecule has 1 aliphatic carbocycles. The second-order valence-corrected chi connectivity index (χ2v) is 5.41. The van der Waals surface area contributed by atoms with Crippen molar-refractivity contribution in [1.82, 2.24) is 4.90 Å². The predicted molar refractivity (Wildman–Crippen MR) is 71.0 cm³/mol. The number of hydrogen-bond acceptors (Lipinski definition) is 2. The monoisotopic (exact) mass is 244 g/mol. The number of carbonyl (C=O) groups is 1. The maximum atomic E-state index is 11.5. The molecule has 1 fully saturated rings. The minimum atomic E-state index is -0.157. The molecule has 0 radical (unpaired) electrons. The van der Waals surface area contributed by atoms with Crippen LogP contribution in [0.25, 0.3) is 0 Å². The van der Waals surface area contributed by atoms with Crippen LogP contribution in [-0.2, 0) is 11.2 Å². The Kier molecular flexibility index (Phi) is 3.08. The van der Waals surface area contributed by atoms with E-state index in [4.69, 9.17) is 5.73 Å². The number of rotatable bonds is 2. The van der Waals surface area contributed by atoms with Gasteiger partial charge in [-0.2, -0.15) is 0 Å². The highest BCUT2D eigenvalue weighted by Gasteiger charge is 2.36. The van der Waals surface area contributed by atoms with E-state index < -0.39 is 0 Å². The maximum Gasteiger partial charge on any atom is 0.234 e. The van der Waals surface area contributed by atoms with Crippen LogP contribution in [0.5, 0.6) is 0 Å². The Morgan fingerprint density at radius 2 is 2.06 bits per heavy atom. The maximum absolute atomic E-state index is 11.5. The van der Waals surface area contributed by atoms with E-state index in [-0.39, 0.29) is 11.9 Å². The van der Waals surface area contributed by atoms with Crippen LogP contribution < -0.4 is 5.73 Å². The van der Waals surface area contributed by atoms with E-state index in [2.05, 4.69) is 29.2 Å². The van der Waals surface area contributed by atoms with Crippen LogP contribution in [0.15, 0.2) is 24.3 Å². The highest BCUT2D eigenvalue weighted by Crippen LogP contribution is 2.38. The number of likely N-dealkylation sites (tertiary alicyclic amines) is 1. The molecule has 2 N–H and O–H groups in total. The summed E-state index contributed by atoms with van der Waals surface area (Å²) in [7, 11) is 0. The van der Waals surface area contributed by atoms with Gasteiger partial charge in [0.1, 0.15) is 0 Å². The third kappa shape index (κ3) is 1.93. The topological polar surface area (TPSA) is 46.3 Å². The average molecular weight is 244 g/mol. The molecule has 1 amide bonds. The van der Waals surface area contributed by atoms with Crippen molar-refractivity contribution in [2.24, 2.45) is 5.73 Å². The van der Waals surface area contributed by atoms with Gasteiger partial charge < -0.3 is 5.73 Å². The molecule has 2 aliphatic rings. The van der Waals surface area contributed by atoms with Crippen molar-refractivity contribution in [1.29, 1.82) is 0 Å². The summed E-state index contributed by atoms with van der Waals surface area (Å²) in [6, 6.07) is 8.99. The number of hydrogen-bond donors (Lipinski definition) is 1. The predicted octanol–water partition coefficient (Wildman–Crippen LogP) is 2.01. The number of primary amides is 1. The zero-order chi connectivity index (χ0) is 12.5. The molecule has 1 heterocycles. The summed E-state index contributed by atoms with van der Waals surface area (Å²) in [4.78, 5) is 13.9. The van der Waals surface area contributed by atoms with Crippen LogP contribution in [0.1, 0.15) is 42.9 Å². The van der Waals surface area contributed by atoms with Crippen molar-refractivity contribution >= 4 is 5.91 Å². The Labute approximate surface area is 108 Å². The fraction of sp³-hybridized carbons (Fsp3) is 0.533. The molecule has 2 atom stereocenters. The van der Waals surface area contributed by atoms with Crippen molar-refractivity contribution in [3.63, 3.8) is 0 Å². The first kappa shape index (κ1) is 11.7. The largest absolute Gasteiger partial charge is 0.368 e. The minimum Gasteiger partial charge on any atom is -0.368 e. The van der Waals surface area contributed by atoms with E-state index in [1.54, 1.807) is 0 Å². The molecule has 1 aromatic rings. The van der Waals surface area contributed by atoms with Crippen molar-refractivity contribution in [2.75, 3.05) is 6.54 Å². The van der Waals surface area contributed by atoms with Crippen molar-refractivity contribution < 1.29 is 4.79 Å². The zero-order valence-electron chi connectivity index (χ0n) is 10.6. The molecule has 1 saturated heterocycles. The molecule has 0 bridgehead atoms. The van der Waals surface area contributed by atoms with Gasteiger partial charge in [0.05, 0.1) is 6.04 Å². The van der Waals surface area contributed by atoms with Crippen LogP contribution in [0.3, 0.4) is 0 Å². The van der Waals surface area contributed by atoms with Gasteiger partial charge in [-0.25, -0.2) is 0 Å². The fourth-order valence-corrected chi connectivity index (χ4v) is 3.54. The lowest BCUT2D eigenvalue weighted by Crippen LogP contribution is -2.43. The molecular weight excluding hydrogens is 224 g/mol. The van der Waals surface area contributed by atoms with Crippen molar-refractivity contribution in [2.45, 2.75) is 44.2 Å². The molecule has 0 saturated carbocycles. The lowest BCUT2D eigenvalue weighted by Gasteiger charge is -2.35. The van der Waals surface area contributed by atoms with Crippen molar-refractivity contribution in [3.8, 4) is 0 Å². The molecule has 3 rings (SSSR count). The molecule has 3 nitrogen and oxygen atoms in total. The third-order valence-electron chi connectivity index (χ3n) is 4.36. The summed E-state index contributed by atoms with van der Waals surface area (Å²) in [6.45, 7) is 1.01. The summed E-state index contributed by atoms with van der Waals surface area (Å²) >= 11 is 0. The number of amides is 1. The normalized spacial score (nSPS) is 28.0. The quantitative estimate of drug-likeness (QED) is 0.865. The Balaban J connectivity index is 1.91. The van der Waals surface area contributed by atoms with Gasteiger partial charge in [-0.05, 0) is 49.8 Å². The van der Waals surface area contributed by atoms with Crippen LogP contribution >= 0.6 is 0 Å². The van der Waals surface area contributed by atoms with E-state index in [9.17, 15) is 4.79 Å². The summed E-state index contributed by atoms with van der Waals surface area (Å²) < 4.78 is 0. The number of nitrogens with two attached hydrogens (primary N) is 1. The number of fused-ring (bicyclic) bond motifs is 1. The molecule has 18 heavy (non-hydrogen) atoms. The number of carbonyl (C=O) groups excluding carboxylic acids is 1. The van der Waals surface area contributed by atoms with Gasteiger partial charge in [-0.15, -0.1) is 0 Å². The zero-order valence-corrected chi connectivity index (χ0v) is 10.6. The van der Waals surface area contributed by atoms with Gasteiger partial charge >= 0.3 is 0 Å². The fourth-order valence-electron chi connectivity index (χ4n) is 3.54. The molecule has 3 heteroatoms. The van der Waals surface area contributed by atoms with Gasteiger partial charge in [-0.3, -0.25) is 9.69 Å². The van der Waals surface area contributed by atoms with E-state index in [1.165, 1.54) is 24.0 Å². The summed E-state index contributed by atoms with van der Waals surface area (Å²) in [6.07, 6.45) is 5.55. The molecule has 96 valence electrons. The summed E-state index contributed by atoms with van der Waals surface area (Å²) in [5.74, 6) is -0.157. The second kappa shape index (κ2) is 4.73. The van der Waals surface area contributed by atoms with Crippen LogP contribution in [0.2, 0.25) is 0 Å². The molecule has 1 aliphatic heterocycles. The second-order valence-electron chi connectivity index (χ2n) is 5.41. The van der Waals surface area contributed by atoms with E-state index in [0.717, 1.165) is 25.8 Å². The van der Waals surface area contributed by atoms with Crippen molar-refractivity contribution in [3.05, 3.63) is 35.4 Å². The van der Waals surface area contributed by atoms with Crippen LogP contribution in [0, 0.1) is 0 Å². The number of aryl methyl sites for hydroxylation is 1. The first-order chi connectivity index (χ1) is 8.77. The Morgan fingerprint density at radius 1 is 1.22 bits per heavy atom. The molecule has 1 unspecified atom stereocenters. The van der Waals surface area contributed by atoms with E-state index >= 15 is 0 Å². The van der Waals surface area contributed by atoms with Gasteiger partial charge in [0, 0.05) is 6.04 Å². The lowest BCUT2D eigenvalue weighted by molar-refractivity contribution is -0.123. The molecule has 1 aromatic carbocycles. The number of nitrogens with zero attached hydrogens (tertiary/aromatic N) is 1. The first-order valence-electron chi connectivity index (χ1n) is 6.90. The smallest absolute Gasteiger partial charge is 0.234 e. The highest BCUT2D eigenvalue weighted by molar-refractivity contribution is 5.80. The molecule has 0 spiro atoms. The Hall–Kier alpha value is -1.35. The highest BCUT2D eigenvalue weighted by atomic mass is 16.1. The van der Waals surface area contributed by atoms with E-state index in [0.29, 0.717) is 6.04 Å². The number of benzene rings is 1. The SMILES string of the molecule is NC(=O)C1CCCN1[C@@H]1CCCc2ccccc21. The molecular formula is C15H20N2O. The standard InChI is InChI=1S/C15H20N2O/c16-15(18)14-9-4-10-17(14)13-8-3-6-11-5-1-2-7-12(11)13/h1-2,5,7,13-14H,3-4,6,8-10H2,(H2,16,18)/t13-,14?/m1/s1. The van der Waals surface area contributed by atoms with Gasteiger partial charge in [0.25, 0.3) is 0 Å².